The van der Waals surface area contributed by atoms with Crippen LogP contribution >= 0.6 is 62.3 Å². The quantitative estimate of drug-likeness (QED) is 0.225. The van der Waals surface area contributed by atoms with Crippen molar-refractivity contribution in [2.24, 2.45) is 4.40 Å². The minimum atomic E-state index is -4.11. The van der Waals surface area contributed by atoms with Crippen LogP contribution in [0.25, 0.3) is 0 Å². The number of nitrogens with one attached hydrogen (secondary N) is 1. The van der Waals surface area contributed by atoms with Crippen LogP contribution in [0.3, 0.4) is 0 Å². The van der Waals surface area contributed by atoms with Crippen molar-refractivity contribution in [3.8, 4) is 5.75 Å². The number of benzene rings is 3. The van der Waals surface area contributed by atoms with Gasteiger partial charge in [0.1, 0.15) is 0 Å². The molecule has 11 heteroatoms. The van der Waals surface area contributed by atoms with Crippen LogP contribution in [0, 0.1) is 0 Å². The van der Waals surface area contributed by atoms with Gasteiger partial charge in [-0.15, -0.1) is 4.40 Å². The monoisotopic (exact) mass is 565 g/mol. The summed E-state index contributed by atoms with van der Waals surface area (Å²) in [4.78, 5) is -0.0240. The minimum absolute atomic E-state index is 0.0240. The summed E-state index contributed by atoms with van der Waals surface area (Å²) in [5, 5.41) is 13.6. The maximum absolute atomic E-state index is 12.9. The molecule has 0 bridgehead atoms. The highest BCUT2D eigenvalue weighted by molar-refractivity contribution is 9.10. The van der Waals surface area contributed by atoms with Crippen LogP contribution in [0.15, 0.2) is 68.4 Å². The molecule has 3 aromatic rings. The lowest BCUT2D eigenvalue weighted by Crippen LogP contribution is -2.17. The molecular formula is C19H10BrCl4N2O3S-. The first-order chi connectivity index (χ1) is 14.1. The van der Waals surface area contributed by atoms with Crippen LogP contribution in [0.1, 0.15) is 5.56 Å². The van der Waals surface area contributed by atoms with E-state index >= 15 is 0 Å². The van der Waals surface area contributed by atoms with Crippen molar-refractivity contribution < 1.29 is 13.5 Å². The zero-order valence-corrected chi connectivity index (χ0v) is 20.1. The molecule has 0 amide bonds. The number of sulfonamides is 1. The number of rotatable bonds is 4. The van der Waals surface area contributed by atoms with Crippen molar-refractivity contribution in [2.45, 2.75) is 4.90 Å². The van der Waals surface area contributed by atoms with E-state index < -0.39 is 15.8 Å². The third kappa shape index (κ3) is 4.88. The molecule has 156 valence electrons. The molecular weight excluding hydrogens is 558 g/mol. The molecule has 0 saturated carbocycles. The van der Waals surface area contributed by atoms with Gasteiger partial charge in [0.25, 0.3) is 10.0 Å². The number of hydrogen-bond donors (Lipinski definition) is 1. The molecule has 3 rings (SSSR count). The standard InChI is InChI=1S/C19H11BrCl4N2O3S/c20-11-6-8-12(9-7-11)30(28,29)26-19(10-4-2-1-3-5-10)25-17-13(21)15(23)18(27)16(24)14(17)22/h1-9,27H,(H,25,26)/p-1. The zero-order chi connectivity index (χ0) is 22.1. The summed E-state index contributed by atoms with van der Waals surface area (Å²) >= 11 is 27.5. The Labute approximate surface area is 201 Å². The van der Waals surface area contributed by atoms with Gasteiger partial charge >= 0.3 is 0 Å². The van der Waals surface area contributed by atoms with Gasteiger partial charge in [0.15, 0.2) is 5.84 Å². The summed E-state index contributed by atoms with van der Waals surface area (Å²) in [7, 11) is -4.11. The van der Waals surface area contributed by atoms with E-state index in [0.717, 1.165) is 0 Å². The normalized spacial score (nSPS) is 12.1. The Hall–Kier alpha value is -1.48. The molecule has 0 spiro atoms. The van der Waals surface area contributed by atoms with E-state index in [1.165, 1.54) is 12.1 Å². The number of anilines is 1. The maximum Gasteiger partial charge on any atom is 0.284 e. The summed E-state index contributed by atoms with van der Waals surface area (Å²) in [6, 6.07) is 14.4. The molecule has 0 fully saturated rings. The second-order valence-corrected chi connectivity index (χ2v) is 9.85. The highest BCUT2D eigenvalue weighted by atomic mass is 79.9. The van der Waals surface area contributed by atoms with Crippen molar-refractivity contribution in [3.05, 3.63) is 84.7 Å². The molecule has 0 saturated heterocycles. The fraction of sp³-hybridized carbons (Fsp3) is 0. The van der Waals surface area contributed by atoms with Gasteiger partial charge in [0, 0.05) is 10.0 Å². The van der Waals surface area contributed by atoms with Crippen LogP contribution in [0.2, 0.25) is 20.1 Å². The molecule has 0 atom stereocenters. The van der Waals surface area contributed by atoms with Crippen molar-refractivity contribution >= 4 is 83.9 Å². The lowest BCUT2D eigenvalue weighted by atomic mass is 10.2. The van der Waals surface area contributed by atoms with E-state index in [4.69, 9.17) is 46.4 Å². The smallest absolute Gasteiger partial charge is 0.284 e. The van der Waals surface area contributed by atoms with E-state index in [2.05, 4.69) is 25.6 Å². The highest BCUT2D eigenvalue weighted by Crippen LogP contribution is 2.47. The summed E-state index contributed by atoms with van der Waals surface area (Å²) in [5.74, 6) is -0.826. The maximum atomic E-state index is 12.9. The summed E-state index contributed by atoms with van der Waals surface area (Å²) in [6.07, 6.45) is 0. The predicted molar refractivity (Wildman–Crippen MR) is 124 cm³/mol. The SMILES string of the molecule is O=S(=O)(N=C(Nc1c(Cl)c(Cl)c([O-])c(Cl)c1Cl)c1ccccc1)c1ccc(Br)cc1. The van der Waals surface area contributed by atoms with Gasteiger partial charge in [-0.05, 0) is 24.3 Å². The minimum Gasteiger partial charge on any atom is -0.870 e. The average molecular weight is 568 g/mol. The Balaban J connectivity index is 2.17. The van der Waals surface area contributed by atoms with E-state index in [9.17, 15) is 13.5 Å². The number of halogens is 5. The summed E-state index contributed by atoms with van der Waals surface area (Å²) < 4.78 is 30.4. The molecule has 0 aliphatic rings. The highest BCUT2D eigenvalue weighted by Gasteiger charge is 2.20. The Morgan fingerprint density at radius 1 is 0.867 bits per heavy atom. The zero-order valence-electron chi connectivity index (χ0n) is 14.7. The lowest BCUT2D eigenvalue weighted by molar-refractivity contribution is -0.267. The van der Waals surface area contributed by atoms with Crippen LogP contribution in [-0.2, 0) is 10.0 Å². The first-order valence-electron chi connectivity index (χ1n) is 8.07. The third-order valence-corrected chi connectivity index (χ3v) is 7.33. The van der Waals surface area contributed by atoms with Gasteiger partial charge in [0.2, 0.25) is 0 Å². The van der Waals surface area contributed by atoms with Crippen molar-refractivity contribution in [3.63, 3.8) is 0 Å². The molecule has 0 aliphatic heterocycles. The van der Waals surface area contributed by atoms with Crippen LogP contribution < -0.4 is 10.4 Å². The van der Waals surface area contributed by atoms with Crippen LogP contribution in [-0.4, -0.2) is 14.3 Å². The fourth-order valence-corrected chi connectivity index (χ4v) is 4.53. The van der Waals surface area contributed by atoms with Gasteiger partial charge < -0.3 is 10.4 Å². The molecule has 1 N–H and O–H groups in total. The van der Waals surface area contributed by atoms with E-state index in [1.807, 2.05) is 0 Å². The Bertz CT molecular complexity index is 1210. The number of amidine groups is 1. The van der Waals surface area contributed by atoms with E-state index in [1.54, 1.807) is 42.5 Å². The molecule has 30 heavy (non-hydrogen) atoms. The molecule has 0 unspecified atom stereocenters. The first kappa shape index (κ1) is 23.2. The Morgan fingerprint density at radius 3 is 1.93 bits per heavy atom. The number of nitrogens with zero attached hydrogens (tertiary/aromatic N) is 1. The van der Waals surface area contributed by atoms with Crippen molar-refractivity contribution in [1.82, 2.24) is 0 Å². The topological polar surface area (TPSA) is 81.6 Å². The van der Waals surface area contributed by atoms with Crippen molar-refractivity contribution in [1.29, 1.82) is 0 Å². The largest absolute Gasteiger partial charge is 0.870 e. The molecule has 0 radical (unpaired) electrons. The average Bonchev–Trinajstić information content (AvgIpc) is 2.74. The van der Waals surface area contributed by atoms with Gasteiger partial charge in [-0.25, -0.2) is 0 Å². The summed E-state index contributed by atoms with van der Waals surface area (Å²) in [5.41, 5.74) is 0.380. The second-order valence-electron chi connectivity index (χ2n) is 5.82. The number of hydrogen-bond acceptors (Lipinski definition) is 3. The van der Waals surface area contributed by atoms with Crippen LogP contribution in [0.4, 0.5) is 5.69 Å². The van der Waals surface area contributed by atoms with Gasteiger partial charge in [-0.1, -0.05) is 98.4 Å². The van der Waals surface area contributed by atoms with Gasteiger partial charge in [-0.2, -0.15) is 8.42 Å². The van der Waals surface area contributed by atoms with Gasteiger partial charge in [0.05, 0.1) is 30.7 Å². The van der Waals surface area contributed by atoms with E-state index in [-0.39, 0.29) is 36.5 Å². The molecule has 0 heterocycles. The summed E-state index contributed by atoms with van der Waals surface area (Å²) in [6.45, 7) is 0. The molecule has 3 aromatic carbocycles. The first-order valence-corrected chi connectivity index (χ1v) is 11.8. The van der Waals surface area contributed by atoms with E-state index in [0.29, 0.717) is 10.0 Å². The molecule has 0 aromatic heterocycles. The third-order valence-electron chi connectivity index (χ3n) is 3.84. The molecule has 5 nitrogen and oxygen atoms in total. The predicted octanol–water partition coefficient (Wildman–Crippen LogP) is 6.38. The Kier molecular flexibility index (Phi) is 7.22. The second kappa shape index (κ2) is 9.34. The Morgan fingerprint density at radius 2 is 1.40 bits per heavy atom. The van der Waals surface area contributed by atoms with Crippen LogP contribution in [0.5, 0.6) is 5.75 Å². The van der Waals surface area contributed by atoms with Crippen molar-refractivity contribution in [2.75, 3.05) is 5.32 Å². The lowest BCUT2D eigenvalue weighted by Gasteiger charge is -2.20. The fourth-order valence-electron chi connectivity index (χ4n) is 2.36. The molecule has 0 aliphatic carbocycles. The van der Waals surface area contributed by atoms with Gasteiger partial charge in [-0.3, -0.25) is 0 Å².